The maximum Gasteiger partial charge on any atom is 0.158 e. The summed E-state index contributed by atoms with van der Waals surface area (Å²) in [6.45, 7) is 6.01. The fourth-order valence-corrected chi connectivity index (χ4v) is 3.49. The summed E-state index contributed by atoms with van der Waals surface area (Å²) in [6, 6.07) is 2.97. The maximum absolute atomic E-state index is 6.12. The molecule has 3 rings (SSSR count). The van der Waals surface area contributed by atoms with Crippen LogP contribution >= 0.6 is 11.6 Å². The molecule has 1 aromatic heterocycles. The predicted molar refractivity (Wildman–Crippen MR) is 79.2 cm³/mol. The van der Waals surface area contributed by atoms with E-state index in [-0.39, 0.29) is 0 Å². The molecule has 2 aliphatic rings. The first-order valence-electron chi connectivity index (χ1n) is 7.20. The fraction of sp³-hybridized carbons (Fsp3) is 0.714. The molecule has 3 heterocycles. The molecule has 2 saturated heterocycles. The topological polar surface area (TPSA) is 41.5 Å². The number of aromatic nitrogens is 2. The molecule has 6 heteroatoms. The fourth-order valence-electron chi connectivity index (χ4n) is 3.30. The van der Waals surface area contributed by atoms with Crippen LogP contribution in [0.2, 0.25) is 5.15 Å². The van der Waals surface area contributed by atoms with Crippen LogP contribution in [0.5, 0.6) is 0 Å². The van der Waals surface area contributed by atoms with Gasteiger partial charge in [0.2, 0.25) is 0 Å². The zero-order valence-electron chi connectivity index (χ0n) is 12.0. The van der Waals surface area contributed by atoms with Gasteiger partial charge in [-0.1, -0.05) is 11.6 Å². The lowest BCUT2D eigenvalue weighted by Crippen LogP contribution is -2.55. The monoisotopic (exact) mass is 296 g/mol. The Labute approximate surface area is 124 Å². The van der Waals surface area contributed by atoms with Gasteiger partial charge in [-0.25, -0.2) is 9.97 Å². The Balaban J connectivity index is 1.84. The highest BCUT2D eigenvalue weighted by atomic mass is 35.5. The van der Waals surface area contributed by atoms with Gasteiger partial charge in [-0.05, 0) is 26.3 Å². The van der Waals surface area contributed by atoms with E-state index in [2.05, 4.69) is 26.7 Å². The first-order chi connectivity index (χ1) is 9.67. The smallest absolute Gasteiger partial charge is 0.158 e. The molecule has 0 aromatic carbocycles. The molecule has 0 spiro atoms. The van der Waals surface area contributed by atoms with Crippen LogP contribution in [0.25, 0.3) is 0 Å². The van der Waals surface area contributed by atoms with Crippen LogP contribution in [0.15, 0.2) is 6.07 Å². The third-order valence-electron chi connectivity index (χ3n) is 4.23. The summed E-state index contributed by atoms with van der Waals surface area (Å²) in [5.74, 6) is 1.58. The SMILES string of the molecule is COCc1nc(Cl)cc(N2CC3CCCN3CC2C)n1. The highest BCUT2D eigenvalue weighted by Crippen LogP contribution is 2.28. The molecule has 0 amide bonds. The van der Waals surface area contributed by atoms with Crippen molar-refractivity contribution >= 4 is 17.4 Å². The van der Waals surface area contributed by atoms with Gasteiger partial charge in [0, 0.05) is 38.3 Å². The van der Waals surface area contributed by atoms with Crippen LogP contribution in [-0.4, -0.2) is 53.7 Å². The minimum Gasteiger partial charge on any atom is -0.377 e. The Hall–Kier alpha value is -0.910. The van der Waals surface area contributed by atoms with E-state index in [1.165, 1.54) is 19.4 Å². The number of rotatable bonds is 3. The second-order valence-electron chi connectivity index (χ2n) is 5.69. The Morgan fingerprint density at radius 3 is 3.05 bits per heavy atom. The third-order valence-corrected chi connectivity index (χ3v) is 4.43. The van der Waals surface area contributed by atoms with Crippen LogP contribution in [0.4, 0.5) is 5.82 Å². The lowest BCUT2D eigenvalue weighted by molar-refractivity contribution is 0.177. The van der Waals surface area contributed by atoms with Crippen molar-refractivity contribution in [2.75, 3.05) is 31.6 Å². The zero-order valence-corrected chi connectivity index (χ0v) is 12.8. The first kappa shape index (κ1) is 14.0. The number of piperazine rings is 1. The summed E-state index contributed by atoms with van der Waals surface area (Å²) in [6.07, 6.45) is 2.59. The molecule has 1 aromatic rings. The van der Waals surface area contributed by atoms with Gasteiger partial charge in [0.1, 0.15) is 17.6 Å². The summed E-state index contributed by atoms with van der Waals surface area (Å²) in [5.41, 5.74) is 0. The molecule has 0 bridgehead atoms. The molecule has 5 nitrogen and oxygen atoms in total. The Kier molecular flexibility index (Phi) is 4.10. The van der Waals surface area contributed by atoms with Crippen molar-refractivity contribution in [2.45, 2.75) is 38.5 Å². The molecule has 0 saturated carbocycles. The van der Waals surface area contributed by atoms with Crippen LogP contribution < -0.4 is 4.90 Å². The number of methoxy groups -OCH3 is 1. The molecule has 0 radical (unpaired) electrons. The number of anilines is 1. The molecule has 2 unspecified atom stereocenters. The maximum atomic E-state index is 6.12. The van der Waals surface area contributed by atoms with Gasteiger partial charge < -0.3 is 9.64 Å². The van der Waals surface area contributed by atoms with Gasteiger partial charge in [0.25, 0.3) is 0 Å². The number of hydrogen-bond donors (Lipinski definition) is 0. The highest BCUT2D eigenvalue weighted by Gasteiger charge is 2.35. The van der Waals surface area contributed by atoms with Crippen molar-refractivity contribution < 1.29 is 4.74 Å². The van der Waals surface area contributed by atoms with Crippen molar-refractivity contribution in [3.63, 3.8) is 0 Å². The Bertz CT molecular complexity index is 484. The van der Waals surface area contributed by atoms with E-state index < -0.39 is 0 Å². The average molecular weight is 297 g/mol. The summed E-state index contributed by atoms with van der Waals surface area (Å²) in [7, 11) is 1.64. The van der Waals surface area contributed by atoms with E-state index in [9.17, 15) is 0 Å². The lowest BCUT2D eigenvalue weighted by atomic mass is 10.1. The molecule has 2 aliphatic heterocycles. The summed E-state index contributed by atoms with van der Waals surface area (Å²) >= 11 is 6.12. The lowest BCUT2D eigenvalue weighted by Gasteiger charge is -2.43. The van der Waals surface area contributed by atoms with Gasteiger partial charge >= 0.3 is 0 Å². The molecule has 20 heavy (non-hydrogen) atoms. The van der Waals surface area contributed by atoms with E-state index in [0.717, 1.165) is 18.9 Å². The van der Waals surface area contributed by atoms with Gasteiger partial charge in [0.05, 0.1) is 0 Å². The van der Waals surface area contributed by atoms with E-state index >= 15 is 0 Å². The number of fused-ring (bicyclic) bond motifs is 1. The van der Waals surface area contributed by atoms with Crippen molar-refractivity contribution in [1.82, 2.24) is 14.9 Å². The second-order valence-corrected chi connectivity index (χ2v) is 6.08. The molecular formula is C14H21ClN4O. The quantitative estimate of drug-likeness (QED) is 0.798. The highest BCUT2D eigenvalue weighted by molar-refractivity contribution is 6.29. The standard InChI is InChI=1S/C14H21ClN4O/c1-10-7-18-5-3-4-11(18)8-19(10)14-6-12(15)16-13(17-14)9-20-2/h6,10-11H,3-5,7-9H2,1-2H3. The normalized spacial score (nSPS) is 26.9. The van der Waals surface area contributed by atoms with Gasteiger partial charge in [-0.15, -0.1) is 0 Å². The zero-order chi connectivity index (χ0) is 14.1. The third kappa shape index (κ3) is 2.75. The van der Waals surface area contributed by atoms with Crippen LogP contribution in [0, 0.1) is 0 Å². The van der Waals surface area contributed by atoms with Gasteiger partial charge in [0.15, 0.2) is 5.82 Å². The van der Waals surface area contributed by atoms with Crippen molar-refractivity contribution in [1.29, 1.82) is 0 Å². The number of ether oxygens (including phenoxy) is 1. The second kappa shape index (κ2) is 5.84. The van der Waals surface area contributed by atoms with Crippen molar-refractivity contribution in [2.24, 2.45) is 0 Å². The van der Waals surface area contributed by atoms with E-state index in [1.54, 1.807) is 7.11 Å². The van der Waals surface area contributed by atoms with Crippen molar-refractivity contribution in [3.8, 4) is 0 Å². The molecule has 2 atom stereocenters. The summed E-state index contributed by atoms with van der Waals surface area (Å²) < 4.78 is 5.11. The van der Waals surface area contributed by atoms with Crippen LogP contribution in [0.1, 0.15) is 25.6 Å². The molecule has 0 N–H and O–H groups in total. The molecular weight excluding hydrogens is 276 g/mol. The Morgan fingerprint density at radius 2 is 2.25 bits per heavy atom. The number of hydrogen-bond acceptors (Lipinski definition) is 5. The molecule has 2 fully saturated rings. The molecule has 110 valence electrons. The van der Waals surface area contributed by atoms with E-state index in [4.69, 9.17) is 16.3 Å². The number of nitrogens with zero attached hydrogens (tertiary/aromatic N) is 4. The van der Waals surface area contributed by atoms with E-state index in [0.29, 0.717) is 29.7 Å². The van der Waals surface area contributed by atoms with Crippen LogP contribution in [-0.2, 0) is 11.3 Å². The van der Waals surface area contributed by atoms with Crippen molar-refractivity contribution in [3.05, 3.63) is 17.0 Å². The molecule has 0 aliphatic carbocycles. The minimum atomic E-state index is 0.394. The van der Waals surface area contributed by atoms with Gasteiger partial charge in [-0.3, -0.25) is 4.90 Å². The Morgan fingerprint density at radius 1 is 1.40 bits per heavy atom. The number of halogens is 1. The van der Waals surface area contributed by atoms with Crippen LogP contribution in [0.3, 0.4) is 0 Å². The average Bonchev–Trinajstić information content (AvgIpc) is 2.84. The largest absolute Gasteiger partial charge is 0.377 e. The van der Waals surface area contributed by atoms with Gasteiger partial charge in [-0.2, -0.15) is 0 Å². The first-order valence-corrected chi connectivity index (χ1v) is 7.58. The summed E-state index contributed by atoms with van der Waals surface area (Å²) in [5, 5.41) is 0.489. The predicted octanol–water partition coefficient (Wildman–Crippen LogP) is 1.95. The summed E-state index contributed by atoms with van der Waals surface area (Å²) in [4.78, 5) is 13.8. The minimum absolute atomic E-state index is 0.394. The van der Waals surface area contributed by atoms with E-state index in [1.807, 2.05) is 6.07 Å².